The van der Waals surface area contributed by atoms with Gasteiger partial charge in [-0.1, -0.05) is 29.3 Å². The number of aryl methyl sites for hydroxylation is 1. The molecule has 1 fully saturated rings. The molecule has 0 aliphatic carbocycles. The molecule has 1 heterocycles. The van der Waals surface area contributed by atoms with Crippen LogP contribution in [0.25, 0.3) is 0 Å². The van der Waals surface area contributed by atoms with Crippen LogP contribution in [-0.2, 0) is 0 Å². The zero-order valence-corrected chi connectivity index (χ0v) is 15.1. The third-order valence-electron chi connectivity index (χ3n) is 4.35. The van der Waals surface area contributed by atoms with Crippen LogP contribution >= 0.6 is 11.6 Å². The molecule has 1 aliphatic rings. The molecule has 0 saturated carbocycles. The Morgan fingerprint density at radius 2 is 1.77 bits per heavy atom. The molecule has 0 radical (unpaired) electrons. The van der Waals surface area contributed by atoms with E-state index < -0.39 is 4.92 Å². The zero-order chi connectivity index (χ0) is 18.7. The lowest BCUT2D eigenvalue weighted by atomic mass is 10.2. The molecular formula is C18H19ClN4O3. The van der Waals surface area contributed by atoms with Crippen LogP contribution in [0.4, 0.5) is 21.9 Å². The summed E-state index contributed by atoms with van der Waals surface area (Å²) >= 11 is 6.19. The molecule has 0 bridgehead atoms. The lowest BCUT2D eigenvalue weighted by molar-refractivity contribution is -0.384. The number of carbonyl (C=O) groups is 1. The van der Waals surface area contributed by atoms with Crippen LogP contribution in [-0.4, -0.2) is 42.0 Å². The van der Waals surface area contributed by atoms with E-state index in [0.29, 0.717) is 31.2 Å². The molecule has 1 aliphatic heterocycles. The molecule has 26 heavy (non-hydrogen) atoms. The molecule has 2 aromatic carbocycles. The summed E-state index contributed by atoms with van der Waals surface area (Å²) < 4.78 is 0. The molecule has 0 atom stereocenters. The fourth-order valence-corrected chi connectivity index (χ4v) is 3.15. The van der Waals surface area contributed by atoms with Gasteiger partial charge in [-0.05, 0) is 25.1 Å². The van der Waals surface area contributed by atoms with Crippen molar-refractivity contribution in [1.29, 1.82) is 0 Å². The number of urea groups is 1. The lowest BCUT2D eigenvalue weighted by Crippen LogP contribution is -2.50. The number of hydrogen-bond acceptors (Lipinski definition) is 4. The zero-order valence-electron chi connectivity index (χ0n) is 14.3. The summed E-state index contributed by atoms with van der Waals surface area (Å²) in [6, 6.07) is 12.0. The number of benzene rings is 2. The van der Waals surface area contributed by atoms with E-state index >= 15 is 0 Å². The maximum absolute atomic E-state index is 12.4. The Hall–Kier alpha value is -2.80. The third-order valence-corrected chi connectivity index (χ3v) is 4.66. The quantitative estimate of drug-likeness (QED) is 0.652. The minimum absolute atomic E-state index is 0.0325. The standard InChI is InChI=1S/C18H19ClN4O3/c1-13-2-4-14(5-3-13)20-18(24)22-10-8-21(9-11-22)17-7-6-15(23(25)26)12-16(17)19/h2-7,12H,8-11H2,1H3,(H,20,24). The monoisotopic (exact) mass is 374 g/mol. The van der Waals surface area contributed by atoms with Crippen molar-refractivity contribution in [3.05, 3.63) is 63.2 Å². The molecule has 136 valence electrons. The molecule has 7 nitrogen and oxygen atoms in total. The van der Waals surface area contributed by atoms with Crippen LogP contribution in [0.15, 0.2) is 42.5 Å². The Bertz CT molecular complexity index is 818. The molecule has 0 spiro atoms. The molecule has 2 aromatic rings. The fraction of sp³-hybridized carbons (Fsp3) is 0.278. The second-order valence-corrected chi connectivity index (χ2v) is 6.57. The van der Waals surface area contributed by atoms with Gasteiger partial charge in [0.05, 0.1) is 15.6 Å². The highest BCUT2D eigenvalue weighted by Gasteiger charge is 2.23. The van der Waals surface area contributed by atoms with E-state index in [1.807, 2.05) is 36.1 Å². The predicted octanol–water partition coefficient (Wildman–Crippen LogP) is 3.91. The van der Waals surface area contributed by atoms with Crippen molar-refractivity contribution >= 4 is 34.7 Å². The van der Waals surface area contributed by atoms with Gasteiger partial charge in [0.2, 0.25) is 0 Å². The Morgan fingerprint density at radius 3 is 2.35 bits per heavy atom. The van der Waals surface area contributed by atoms with Gasteiger partial charge in [0, 0.05) is 44.0 Å². The van der Waals surface area contributed by atoms with Crippen molar-refractivity contribution in [2.75, 3.05) is 36.4 Å². The van der Waals surface area contributed by atoms with Gasteiger partial charge in [0.25, 0.3) is 5.69 Å². The van der Waals surface area contributed by atoms with E-state index in [1.54, 1.807) is 11.0 Å². The molecule has 0 aromatic heterocycles. The number of nitrogens with one attached hydrogen (secondary N) is 1. The first-order chi connectivity index (χ1) is 12.4. The second-order valence-electron chi connectivity index (χ2n) is 6.16. The van der Waals surface area contributed by atoms with Crippen molar-refractivity contribution in [2.24, 2.45) is 0 Å². The van der Waals surface area contributed by atoms with Gasteiger partial charge in [0.15, 0.2) is 0 Å². The highest BCUT2D eigenvalue weighted by molar-refractivity contribution is 6.33. The molecule has 3 rings (SSSR count). The van der Waals surface area contributed by atoms with Gasteiger partial charge >= 0.3 is 6.03 Å². The Labute approximate surface area is 156 Å². The largest absolute Gasteiger partial charge is 0.367 e. The van der Waals surface area contributed by atoms with Crippen molar-refractivity contribution in [3.63, 3.8) is 0 Å². The summed E-state index contributed by atoms with van der Waals surface area (Å²) in [5.41, 5.74) is 2.61. The number of nitrogens with zero attached hydrogens (tertiary/aromatic N) is 3. The van der Waals surface area contributed by atoms with Crippen molar-refractivity contribution in [1.82, 2.24) is 4.90 Å². The average Bonchev–Trinajstić information content (AvgIpc) is 2.63. The molecule has 8 heteroatoms. The number of nitro groups is 1. The Morgan fingerprint density at radius 1 is 1.12 bits per heavy atom. The summed E-state index contributed by atoms with van der Waals surface area (Å²) in [6.45, 7) is 4.31. The Balaban J connectivity index is 1.59. The number of anilines is 2. The summed E-state index contributed by atoms with van der Waals surface area (Å²) in [7, 11) is 0. The normalized spacial score (nSPS) is 14.2. The second kappa shape index (κ2) is 7.61. The van der Waals surface area contributed by atoms with Crippen LogP contribution in [0.3, 0.4) is 0 Å². The number of hydrogen-bond donors (Lipinski definition) is 1. The smallest absolute Gasteiger partial charge is 0.321 e. The van der Waals surface area contributed by atoms with Crippen LogP contribution in [0.1, 0.15) is 5.56 Å². The molecule has 0 unspecified atom stereocenters. The fourth-order valence-electron chi connectivity index (χ4n) is 2.86. The van der Waals surface area contributed by atoms with Gasteiger partial charge in [-0.3, -0.25) is 10.1 Å². The number of halogens is 1. The Kier molecular flexibility index (Phi) is 5.27. The maximum atomic E-state index is 12.4. The third kappa shape index (κ3) is 4.05. The number of amides is 2. The van der Waals surface area contributed by atoms with Crippen LogP contribution in [0.2, 0.25) is 5.02 Å². The molecular weight excluding hydrogens is 356 g/mol. The number of nitro benzene ring substituents is 1. The van der Waals surface area contributed by atoms with Gasteiger partial charge in [0.1, 0.15) is 0 Å². The minimum atomic E-state index is -0.469. The first-order valence-electron chi connectivity index (χ1n) is 8.25. The van der Waals surface area contributed by atoms with Crippen LogP contribution in [0.5, 0.6) is 0 Å². The van der Waals surface area contributed by atoms with E-state index in [9.17, 15) is 14.9 Å². The van der Waals surface area contributed by atoms with Gasteiger partial charge < -0.3 is 15.1 Å². The van der Waals surface area contributed by atoms with E-state index in [1.165, 1.54) is 12.1 Å². The minimum Gasteiger partial charge on any atom is -0.367 e. The topological polar surface area (TPSA) is 78.7 Å². The number of piperazine rings is 1. The first kappa shape index (κ1) is 18.0. The molecule has 1 saturated heterocycles. The van der Waals surface area contributed by atoms with E-state index in [0.717, 1.165) is 16.9 Å². The van der Waals surface area contributed by atoms with E-state index in [4.69, 9.17) is 11.6 Å². The molecule has 1 N–H and O–H groups in total. The number of non-ortho nitro benzene ring substituents is 1. The predicted molar refractivity (Wildman–Crippen MR) is 102 cm³/mol. The van der Waals surface area contributed by atoms with E-state index in [-0.39, 0.29) is 11.7 Å². The average molecular weight is 375 g/mol. The summed E-state index contributed by atoms with van der Waals surface area (Å²) in [5.74, 6) is 0. The summed E-state index contributed by atoms with van der Waals surface area (Å²) in [6.07, 6.45) is 0. The van der Waals surface area contributed by atoms with Gasteiger partial charge in [-0.25, -0.2) is 4.79 Å². The van der Waals surface area contributed by atoms with Crippen LogP contribution < -0.4 is 10.2 Å². The lowest BCUT2D eigenvalue weighted by Gasteiger charge is -2.36. The number of carbonyl (C=O) groups excluding carboxylic acids is 1. The highest BCUT2D eigenvalue weighted by atomic mass is 35.5. The van der Waals surface area contributed by atoms with Gasteiger partial charge in [-0.15, -0.1) is 0 Å². The summed E-state index contributed by atoms with van der Waals surface area (Å²) in [4.78, 5) is 26.5. The van der Waals surface area contributed by atoms with Crippen molar-refractivity contribution in [3.8, 4) is 0 Å². The summed E-state index contributed by atoms with van der Waals surface area (Å²) in [5, 5.41) is 14.0. The highest BCUT2D eigenvalue weighted by Crippen LogP contribution is 2.30. The molecule has 2 amide bonds. The maximum Gasteiger partial charge on any atom is 0.321 e. The van der Waals surface area contributed by atoms with Crippen LogP contribution in [0, 0.1) is 17.0 Å². The van der Waals surface area contributed by atoms with E-state index in [2.05, 4.69) is 5.32 Å². The van der Waals surface area contributed by atoms with Crippen molar-refractivity contribution in [2.45, 2.75) is 6.92 Å². The number of rotatable bonds is 3. The first-order valence-corrected chi connectivity index (χ1v) is 8.63. The SMILES string of the molecule is Cc1ccc(NC(=O)N2CCN(c3ccc([N+](=O)[O-])cc3Cl)CC2)cc1. The van der Waals surface area contributed by atoms with Gasteiger partial charge in [-0.2, -0.15) is 0 Å². The van der Waals surface area contributed by atoms with Crippen molar-refractivity contribution < 1.29 is 9.72 Å².